The molecule has 30 heavy (non-hydrogen) atoms. The predicted octanol–water partition coefficient (Wildman–Crippen LogP) is 5.40. The Bertz CT molecular complexity index is 1180. The Balaban J connectivity index is 1.44. The Morgan fingerprint density at radius 3 is 2.60 bits per heavy atom. The van der Waals surface area contributed by atoms with E-state index in [0.29, 0.717) is 16.5 Å². The number of aryl methyl sites for hydroxylation is 3. The monoisotopic (exact) mass is 419 g/mol. The van der Waals surface area contributed by atoms with E-state index in [1.165, 1.54) is 16.9 Å². The summed E-state index contributed by atoms with van der Waals surface area (Å²) in [5, 5.41) is 8.80. The number of aromatic nitrogens is 3. The first-order valence-corrected chi connectivity index (χ1v) is 10.5. The molecule has 2 aromatic heterocycles. The Kier molecular flexibility index (Phi) is 5.72. The van der Waals surface area contributed by atoms with Gasteiger partial charge in [0.1, 0.15) is 9.88 Å². The van der Waals surface area contributed by atoms with Crippen molar-refractivity contribution in [2.75, 3.05) is 0 Å². The van der Waals surface area contributed by atoms with Gasteiger partial charge in [-0.25, -0.2) is 9.78 Å². The summed E-state index contributed by atoms with van der Waals surface area (Å²) in [7, 11) is 0. The van der Waals surface area contributed by atoms with Gasteiger partial charge in [0.25, 0.3) is 5.89 Å². The van der Waals surface area contributed by atoms with Crippen molar-refractivity contribution in [2.45, 2.75) is 33.8 Å². The molecule has 0 bridgehead atoms. The molecule has 7 heteroatoms. The lowest BCUT2D eigenvalue weighted by atomic mass is 10.1. The molecule has 0 atom stereocenters. The van der Waals surface area contributed by atoms with Crippen LogP contribution in [0.1, 0.15) is 39.3 Å². The highest BCUT2D eigenvalue weighted by Gasteiger charge is 2.19. The van der Waals surface area contributed by atoms with Gasteiger partial charge >= 0.3 is 5.97 Å². The third kappa shape index (κ3) is 4.31. The van der Waals surface area contributed by atoms with Crippen molar-refractivity contribution in [1.29, 1.82) is 0 Å². The normalized spacial score (nSPS) is 10.9. The smallest absolute Gasteiger partial charge is 0.350 e. The Morgan fingerprint density at radius 1 is 1.07 bits per heavy atom. The summed E-state index contributed by atoms with van der Waals surface area (Å²) in [5.41, 5.74) is 4.82. The minimum Gasteiger partial charge on any atom is -0.451 e. The SMILES string of the molecule is CCc1ccc(-c2nc(C)c(C(=O)OCc3nnc(-c4cccc(C)c4)o3)s2)cc1. The van der Waals surface area contributed by atoms with E-state index in [4.69, 9.17) is 9.15 Å². The molecule has 0 aliphatic rings. The maximum Gasteiger partial charge on any atom is 0.350 e. The molecule has 0 aliphatic carbocycles. The van der Waals surface area contributed by atoms with Gasteiger partial charge in [-0.2, -0.15) is 0 Å². The second kappa shape index (κ2) is 8.59. The highest BCUT2D eigenvalue weighted by molar-refractivity contribution is 7.17. The molecule has 0 fully saturated rings. The van der Waals surface area contributed by atoms with E-state index < -0.39 is 5.97 Å². The molecule has 2 heterocycles. The molecule has 152 valence electrons. The Labute approximate surface area is 178 Å². The zero-order valence-electron chi connectivity index (χ0n) is 17.0. The highest BCUT2D eigenvalue weighted by Crippen LogP contribution is 2.29. The molecule has 0 aliphatic heterocycles. The zero-order valence-corrected chi connectivity index (χ0v) is 17.8. The average Bonchev–Trinajstić information content (AvgIpc) is 3.39. The third-order valence-electron chi connectivity index (χ3n) is 4.65. The van der Waals surface area contributed by atoms with E-state index >= 15 is 0 Å². The van der Waals surface area contributed by atoms with E-state index in [2.05, 4.69) is 34.2 Å². The van der Waals surface area contributed by atoms with Crippen LogP contribution in [0.5, 0.6) is 0 Å². The van der Waals surface area contributed by atoms with Gasteiger partial charge in [0.05, 0.1) is 5.69 Å². The number of carbonyl (C=O) groups is 1. The molecule has 0 radical (unpaired) electrons. The summed E-state index contributed by atoms with van der Waals surface area (Å²) in [6.45, 7) is 5.82. The second-order valence-electron chi connectivity index (χ2n) is 6.93. The van der Waals surface area contributed by atoms with Crippen LogP contribution in [0.15, 0.2) is 52.9 Å². The van der Waals surface area contributed by atoms with Crippen molar-refractivity contribution in [3.8, 4) is 22.0 Å². The molecule has 0 saturated heterocycles. The van der Waals surface area contributed by atoms with Crippen molar-refractivity contribution < 1.29 is 13.9 Å². The Hall–Kier alpha value is -3.32. The van der Waals surface area contributed by atoms with E-state index in [1.54, 1.807) is 6.92 Å². The van der Waals surface area contributed by atoms with Crippen LogP contribution < -0.4 is 0 Å². The van der Waals surface area contributed by atoms with Crippen LogP contribution in [0.2, 0.25) is 0 Å². The third-order valence-corrected chi connectivity index (χ3v) is 5.84. The standard InChI is InChI=1S/C23H21N3O3S/c1-4-16-8-10-17(11-9-16)22-24-15(3)20(30-22)23(27)28-13-19-25-26-21(29-19)18-7-5-6-14(2)12-18/h5-12H,4,13H2,1-3H3. The Morgan fingerprint density at radius 2 is 1.87 bits per heavy atom. The molecule has 4 aromatic rings. The lowest BCUT2D eigenvalue weighted by Gasteiger charge is -2.00. The van der Waals surface area contributed by atoms with E-state index in [1.807, 2.05) is 43.3 Å². The number of esters is 1. The number of rotatable bonds is 6. The molecular formula is C23H21N3O3S. The predicted molar refractivity (Wildman–Crippen MR) is 115 cm³/mol. The average molecular weight is 420 g/mol. The van der Waals surface area contributed by atoms with Crippen LogP contribution in [0.3, 0.4) is 0 Å². The largest absolute Gasteiger partial charge is 0.451 e. The van der Waals surface area contributed by atoms with Crippen molar-refractivity contribution in [2.24, 2.45) is 0 Å². The van der Waals surface area contributed by atoms with Gasteiger partial charge in [0.15, 0.2) is 6.61 Å². The van der Waals surface area contributed by atoms with Crippen LogP contribution in [-0.4, -0.2) is 21.2 Å². The van der Waals surface area contributed by atoms with Gasteiger partial charge < -0.3 is 9.15 Å². The van der Waals surface area contributed by atoms with Crippen LogP contribution in [-0.2, 0) is 17.8 Å². The minimum absolute atomic E-state index is 0.0878. The van der Waals surface area contributed by atoms with Crippen molar-refractivity contribution >= 4 is 17.3 Å². The number of hydrogen-bond acceptors (Lipinski definition) is 7. The number of hydrogen-bond donors (Lipinski definition) is 0. The number of carbonyl (C=O) groups excluding carboxylic acids is 1. The van der Waals surface area contributed by atoms with Gasteiger partial charge in [-0.15, -0.1) is 21.5 Å². The topological polar surface area (TPSA) is 78.1 Å². The molecular weight excluding hydrogens is 398 g/mol. The quantitative estimate of drug-likeness (QED) is 0.390. The van der Waals surface area contributed by atoms with E-state index in [0.717, 1.165) is 28.1 Å². The van der Waals surface area contributed by atoms with Gasteiger partial charge in [0.2, 0.25) is 5.89 Å². The minimum atomic E-state index is -0.447. The molecule has 2 aromatic carbocycles. The molecule has 0 N–H and O–H groups in total. The first-order chi connectivity index (χ1) is 14.5. The fourth-order valence-electron chi connectivity index (χ4n) is 2.99. The summed E-state index contributed by atoms with van der Waals surface area (Å²) in [5.74, 6) is 0.200. The van der Waals surface area contributed by atoms with Gasteiger partial charge in [-0.05, 0) is 38.0 Å². The van der Waals surface area contributed by atoms with Crippen molar-refractivity contribution in [3.05, 3.63) is 76.1 Å². The summed E-state index contributed by atoms with van der Waals surface area (Å²) >= 11 is 1.32. The number of thiazole rings is 1. The van der Waals surface area contributed by atoms with Crippen LogP contribution >= 0.6 is 11.3 Å². The summed E-state index contributed by atoms with van der Waals surface area (Å²) in [4.78, 5) is 17.6. The molecule has 0 unspecified atom stereocenters. The molecule has 6 nitrogen and oxygen atoms in total. The summed E-state index contributed by atoms with van der Waals surface area (Å²) < 4.78 is 11.0. The highest BCUT2D eigenvalue weighted by atomic mass is 32.1. The number of nitrogens with zero attached hydrogens (tertiary/aromatic N) is 3. The molecule has 0 amide bonds. The van der Waals surface area contributed by atoms with Crippen molar-refractivity contribution in [3.63, 3.8) is 0 Å². The van der Waals surface area contributed by atoms with Gasteiger partial charge in [0, 0.05) is 11.1 Å². The summed E-state index contributed by atoms with van der Waals surface area (Å²) in [6.07, 6.45) is 0.982. The summed E-state index contributed by atoms with van der Waals surface area (Å²) in [6, 6.07) is 16.0. The zero-order chi connectivity index (χ0) is 21.1. The van der Waals surface area contributed by atoms with Gasteiger partial charge in [-0.1, -0.05) is 48.9 Å². The van der Waals surface area contributed by atoms with E-state index in [9.17, 15) is 4.79 Å². The fourth-order valence-corrected chi connectivity index (χ4v) is 3.96. The lowest BCUT2D eigenvalue weighted by Crippen LogP contribution is -2.05. The number of ether oxygens (including phenoxy) is 1. The molecule has 4 rings (SSSR count). The first kappa shape index (κ1) is 20.0. The van der Waals surface area contributed by atoms with E-state index in [-0.39, 0.29) is 12.5 Å². The second-order valence-corrected chi connectivity index (χ2v) is 7.93. The van der Waals surface area contributed by atoms with Crippen molar-refractivity contribution in [1.82, 2.24) is 15.2 Å². The van der Waals surface area contributed by atoms with Crippen LogP contribution in [0, 0.1) is 13.8 Å². The molecule has 0 spiro atoms. The van der Waals surface area contributed by atoms with Crippen LogP contribution in [0.25, 0.3) is 22.0 Å². The first-order valence-electron chi connectivity index (χ1n) is 9.66. The number of benzene rings is 2. The molecule has 0 saturated carbocycles. The lowest BCUT2D eigenvalue weighted by molar-refractivity contribution is 0.0443. The van der Waals surface area contributed by atoms with Crippen LogP contribution in [0.4, 0.5) is 0 Å². The van der Waals surface area contributed by atoms with Gasteiger partial charge in [-0.3, -0.25) is 0 Å². The fraction of sp³-hybridized carbons (Fsp3) is 0.217. The maximum atomic E-state index is 12.6. The maximum absolute atomic E-state index is 12.6.